The van der Waals surface area contributed by atoms with Gasteiger partial charge in [-0.15, -0.1) is 0 Å². The van der Waals surface area contributed by atoms with Crippen LogP contribution >= 0.6 is 11.6 Å². The van der Waals surface area contributed by atoms with Crippen LogP contribution in [0.5, 0.6) is 0 Å². The van der Waals surface area contributed by atoms with Crippen LogP contribution in [0.25, 0.3) is 0 Å². The van der Waals surface area contributed by atoms with E-state index in [9.17, 15) is 9.59 Å². The van der Waals surface area contributed by atoms with E-state index in [-0.39, 0.29) is 18.4 Å². The summed E-state index contributed by atoms with van der Waals surface area (Å²) >= 11 is 6.07. The molecule has 0 aromatic heterocycles. The first-order valence-corrected chi connectivity index (χ1v) is 8.07. The van der Waals surface area contributed by atoms with Gasteiger partial charge in [0, 0.05) is 23.3 Å². The molecule has 4 nitrogen and oxygen atoms in total. The number of nitrogens with one attached hydrogen (secondary N) is 1. The Morgan fingerprint density at radius 2 is 1.79 bits per heavy atom. The second kappa shape index (κ2) is 7.49. The van der Waals surface area contributed by atoms with Gasteiger partial charge >= 0.3 is 0 Å². The minimum Gasteiger partial charge on any atom is -0.324 e. The fourth-order valence-corrected chi connectivity index (χ4v) is 2.59. The summed E-state index contributed by atoms with van der Waals surface area (Å²) < 4.78 is 0. The van der Waals surface area contributed by atoms with E-state index in [0.29, 0.717) is 10.7 Å². The normalized spacial score (nSPS) is 10.4. The van der Waals surface area contributed by atoms with Crippen LogP contribution < -0.4 is 10.2 Å². The number of carbonyl (C=O) groups is 2. The third kappa shape index (κ3) is 4.15. The molecule has 1 N–H and O–H groups in total. The van der Waals surface area contributed by atoms with E-state index in [1.165, 1.54) is 11.8 Å². The van der Waals surface area contributed by atoms with Crippen molar-refractivity contribution in [2.45, 2.75) is 27.7 Å². The molecule has 0 heterocycles. The molecular weight excluding hydrogens is 324 g/mol. The third-order valence-corrected chi connectivity index (χ3v) is 4.41. The number of carbonyl (C=O) groups excluding carboxylic acids is 2. The molecule has 5 heteroatoms. The maximum Gasteiger partial charge on any atom is 0.244 e. The summed E-state index contributed by atoms with van der Waals surface area (Å²) in [5.41, 5.74) is 4.36. The van der Waals surface area contributed by atoms with Crippen molar-refractivity contribution in [2.75, 3.05) is 16.8 Å². The van der Waals surface area contributed by atoms with Crippen molar-refractivity contribution < 1.29 is 9.59 Å². The molecule has 2 rings (SSSR count). The first-order valence-electron chi connectivity index (χ1n) is 7.70. The maximum absolute atomic E-state index is 12.3. The maximum atomic E-state index is 12.3. The zero-order valence-corrected chi connectivity index (χ0v) is 15.1. The van der Waals surface area contributed by atoms with Crippen molar-refractivity contribution >= 4 is 34.8 Å². The first-order chi connectivity index (χ1) is 11.3. The molecule has 0 saturated carbocycles. The Kier molecular flexibility index (Phi) is 5.62. The van der Waals surface area contributed by atoms with Gasteiger partial charge < -0.3 is 10.2 Å². The highest BCUT2D eigenvalue weighted by Gasteiger charge is 2.18. The molecule has 0 bridgehead atoms. The molecule has 126 valence electrons. The van der Waals surface area contributed by atoms with Crippen LogP contribution in [0, 0.1) is 20.8 Å². The fraction of sp³-hybridized carbons (Fsp3) is 0.263. The van der Waals surface area contributed by atoms with E-state index in [0.717, 1.165) is 22.4 Å². The van der Waals surface area contributed by atoms with E-state index in [4.69, 9.17) is 11.6 Å². The van der Waals surface area contributed by atoms with E-state index >= 15 is 0 Å². The van der Waals surface area contributed by atoms with Crippen LogP contribution in [-0.4, -0.2) is 18.4 Å². The lowest BCUT2D eigenvalue weighted by atomic mass is 10.1. The van der Waals surface area contributed by atoms with Crippen LogP contribution in [0.4, 0.5) is 11.4 Å². The number of aryl methyl sites for hydroxylation is 2. The number of halogens is 1. The summed E-state index contributed by atoms with van der Waals surface area (Å²) in [5.74, 6) is -0.452. The molecule has 2 aromatic carbocycles. The largest absolute Gasteiger partial charge is 0.324 e. The Hall–Kier alpha value is -2.33. The van der Waals surface area contributed by atoms with Crippen molar-refractivity contribution in [1.82, 2.24) is 0 Å². The van der Waals surface area contributed by atoms with Gasteiger partial charge in [-0.2, -0.15) is 0 Å². The zero-order valence-electron chi connectivity index (χ0n) is 14.3. The number of anilines is 2. The lowest BCUT2D eigenvalue weighted by Gasteiger charge is -2.23. The lowest BCUT2D eigenvalue weighted by Crippen LogP contribution is -2.37. The fourth-order valence-electron chi connectivity index (χ4n) is 2.41. The molecule has 24 heavy (non-hydrogen) atoms. The quantitative estimate of drug-likeness (QED) is 0.901. The van der Waals surface area contributed by atoms with Gasteiger partial charge in [0.05, 0.1) is 0 Å². The molecule has 0 saturated heterocycles. The summed E-state index contributed by atoms with van der Waals surface area (Å²) in [5, 5.41) is 3.37. The third-order valence-electron chi connectivity index (χ3n) is 4.00. The molecule has 2 aromatic rings. The molecule has 0 atom stereocenters. The molecular formula is C19H21ClN2O2. The Bertz CT molecular complexity index is 787. The van der Waals surface area contributed by atoms with Gasteiger partial charge in [-0.1, -0.05) is 29.8 Å². The summed E-state index contributed by atoms with van der Waals surface area (Å²) in [6.45, 7) is 7.22. The van der Waals surface area contributed by atoms with Crippen LogP contribution in [-0.2, 0) is 9.59 Å². The van der Waals surface area contributed by atoms with Crippen LogP contribution in [0.15, 0.2) is 36.4 Å². The van der Waals surface area contributed by atoms with E-state index in [1.807, 2.05) is 45.0 Å². The van der Waals surface area contributed by atoms with Gasteiger partial charge in [0.15, 0.2) is 0 Å². The minimum absolute atomic E-state index is 0.0505. The van der Waals surface area contributed by atoms with E-state index in [1.54, 1.807) is 12.1 Å². The summed E-state index contributed by atoms with van der Waals surface area (Å²) in [6.07, 6.45) is 0. The predicted molar refractivity (Wildman–Crippen MR) is 98.8 cm³/mol. The molecule has 2 amide bonds. The number of hydrogen-bond acceptors (Lipinski definition) is 2. The Balaban J connectivity index is 2.18. The molecule has 0 aliphatic carbocycles. The summed E-state index contributed by atoms with van der Waals surface area (Å²) in [6, 6.07) is 11.0. The second-order valence-corrected chi connectivity index (χ2v) is 6.24. The Morgan fingerprint density at radius 3 is 2.42 bits per heavy atom. The van der Waals surface area contributed by atoms with Gasteiger partial charge in [0.25, 0.3) is 0 Å². The average molecular weight is 345 g/mol. The Morgan fingerprint density at radius 1 is 1.08 bits per heavy atom. The topological polar surface area (TPSA) is 49.4 Å². The van der Waals surface area contributed by atoms with Crippen molar-refractivity contribution in [1.29, 1.82) is 0 Å². The average Bonchev–Trinajstić information content (AvgIpc) is 2.51. The summed E-state index contributed by atoms with van der Waals surface area (Å²) in [7, 11) is 0. The van der Waals surface area contributed by atoms with Crippen molar-refractivity contribution in [2.24, 2.45) is 0 Å². The highest BCUT2D eigenvalue weighted by atomic mass is 35.5. The second-order valence-electron chi connectivity index (χ2n) is 5.84. The van der Waals surface area contributed by atoms with Gasteiger partial charge in [0.1, 0.15) is 6.54 Å². The van der Waals surface area contributed by atoms with E-state index in [2.05, 4.69) is 5.32 Å². The smallest absolute Gasteiger partial charge is 0.244 e. The van der Waals surface area contributed by atoms with Gasteiger partial charge in [-0.05, 0) is 55.7 Å². The van der Waals surface area contributed by atoms with Crippen molar-refractivity contribution in [3.63, 3.8) is 0 Å². The number of rotatable bonds is 4. The minimum atomic E-state index is -0.272. The molecule has 0 fully saturated rings. The van der Waals surface area contributed by atoms with Crippen LogP contribution in [0.3, 0.4) is 0 Å². The van der Waals surface area contributed by atoms with Crippen LogP contribution in [0.1, 0.15) is 23.6 Å². The molecule has 0 unspecified atom stereocenters. The SMILES string of the molecule is CC(=O)N(CC(=O)Nc1ccc(C)c(Cl)c1)c1cccc(C)c1C. The number of amides is 2. The number of nitrogens with zero attached hydrogens (tertiary/aromatic N) is 1. The monoisotopic (exact) mass is 344 g/mol. The van der Waals surface area contributed by atoms with Crippen molar-refractivity contribution in [3.05, 3.63) is 58.1 Å². The number of hydrogen-bond donors (Lipinski definition) is 1. The number of benzene rings is 2. The summed E-state index contributed by atoms with van der Waals surface area (Å²) in [4.78, 5) is 25.8. The van der Waals surface area contributed by atoms with E-state index < -0.39 is 0 Å². The molecule has 0 aliphatic rings. The highest BCUT2D eigenvalue weighted by molar-refractivity contribution is 6.31. The van der Waals surface area contributed by atoms with Gasteiger partial charge in [-0.25, -0.2) is 0 Å². The van der Waals surface area contributed by atoms with Crippen molar-refractivity contribution in [3.8, 4) is 0 Å². The van der Waals surface area contributed by atoms with Gasteiger partial charge in [-0.3, -0.25) is 9.59 Å². The molecule has 0 spiro atoms. The standard InChI is InChI=1S/C19H21ClN2O2/c1-12-6-5-7-18(14(12)3)22(15(4)23)11-19(24)21-16-9-8-13(2)17(20)10-16/h5-10H,11H2,1-4H3,(H,21,24). The highest BCUT2D eigenvalue weighted by Crippen LogP contribution is 2.23. The van der Waals surface area contributed by atoms with Gasteiger partial charge in [0.2, 0.25) is 11.8 Å². The molecule has 0 aliphatic heterocycles. The van der Waals surface area contributed by atoms with Crippen LogP contribution in [0.2, 0.25) is 5.02 Å². The lowest BCUT2D eigenvalue weighted by molar-refractivity contribution is -0.120. The predicted octanol–water partition coefficient (Wildman–Crippen LogP) is 4.26. The zero-order chi connectivity index (χ0) is 17.9. The molecule has 0 radical (unpaired) electrons. The first kappa shape index (κ1) is 18.0. The Labute approximate surface area is 147 Å².